The first-order chi connectivity index (χ1) is 33.6. The number of nitrogens with zero attached hydrogens (tertiary/aromatic N) is 5. The van der Waals surface area contributed by atoms with Gasteiger partial charge in [-0.05, 0) is 74.9 Å². The topological polar surface area (TPSA) is 46.4 Å². The van der Waals surface area contributed by atoms with E-state index in [2.05, 4.69) is 60.7 Å². The minimum absolute atomic E-state index is 0. The van der Waals surface area contributed by atoms with Crippen LogP contribution >= 0.6 is 0 Å². The van der Waals surface area contributed by atoms with Crippen molar-refractivity contribution in [2.75, 3.05) is 9.80 Å². The molecule has 0 fully saturated rings. The van der Waals surface area contributed by atoms with Crippen molar-refractivity contribution >= 4 is 44.6 Å². The first kappa shape index (κ1) is 30.5. The van der Waals surface area contributed by atoms with Crippen LogP contribution in [0.5, 0.6) is 11.5 Å². The maximum Gasteiger partial charge on any atom is 0.135 e. The van der Waals surface area contributed by atoms with Crippen LogP contribution in [0.2, 0.25) is 0 Å². The van der Waals surface area contributed by atoms with E-state index in [-0.39, 0.29) is 54.4 Å². The summed E-state index contributed by atoms with van der Waals surface area (Å²) in [6, 6.07) is 28.6. The summed E-state index contributed by atoms with van der Waals surface area (Å²) in [6.45, 7) is 14.0. The van der Waals surface area contributed by atoms with Crippen molar-refractivity contribution in [1.82, 2.24) is 14.5 Å². The molecule has 6 nitrogen and oxygen atoms in total. The van der Waals surface area contributed by atoms with Crippen molar-refractivity contribution in [3.63, 3.8) is 0 Å². The zero-order valence-corrected chi connectivity index (χ0v) is 37.1. The van der Waals surface area contributed by atoms with E-state index in [1.54, 1.807) is 48.2 Å². The zero-order valence-electron chi connectivity index (χ0n) is 44.9. The van der Waals surface area contributed by atoms with E-state index in [1.807, 2.05) is 74.3 Å². The van der Waals surface area contributed by atoms with Crippen molar-refractivity contribution in [3.05, 3.63) is 194 Å². The Kier molecular flexibility index (Phi) is 7.92. The summed E-state index contributed by atoms with van der Waals surface area (Å²) in [4.78, 5) is 12.8. The molecule has 0 aliphatic carbocycles. The Morgan fingerprint density at radius 1 is 0.629 bits per heavy atom. The largest absolute Gasteiger partial charge is 0.509 e. The zero-order chi connectivity index (χ0) is 50.6. The molecule has 10 rings (SSSR count). The minimum atomic E-state index is -0.632. The van der Waals surface area contributed by atoms with Crippen LogP contribution in [0.1, 0.15) is 66.4 Å². The first-order valence-electron chi connectivity index (χ1n) is 25.0. The van der Waals surface area contributed by atoms with Crippen molar-refractivity contribution < 1.29 is 39.5 Å². The van der Waals surface area contributed by atoms with Gasteiger partial charge in [0.05, 0.1) is 19.4 Å². The van der Waals surface area contributed by atoms with Crippen LogP contribution in [0.25, 0.3) is 49.9 Å². The second-order valence-electron chi connectivity index (χ2n) is 17.0. The van der Waals surface area contributed by atoms with Gasteiger partial charge in [0.1, 0.15) is 5.82 Å². The van der Waals surface area contributed by atoms with Gasteiger partial charge in [-0.3, -0.25) is 4.98 Å². The number of anilines is 4. The molecule has 0 unspecified atom stereocenters. The third-order valence-electron chi connectivity index (χ3n) is 10.9. The van der Waals surface area contributed by atoms with Gasteiger partial charge < -0.3 is 19.1 Å². The van der Waals surface area contributed by atoms with Crippen LogP contribution in [0.4, 0.5) is 22.7 Å². The molecule has 0 saturated carbocycles. The molecule has 4 heterocycles. The van der Waals surface area contributed by atoms with Gasteiger partial charge in [-0.15, -0.1) is 48.1 Å². The smallest absolute Gasteiger partial charge is 0.135 e. The van der Waals surface area contributed by atoms with E-state index in [0.717, 1.165) is 33.2 Å². The van der Waals surface area contributed by atoms with Gasteiger partial charge in [0.15, 0.2) is 0 Å². The molecule has 0 amide bonds. The molecule has 0 spiro atoms. The predicted octanol–water partition coefficient (Wildman–Crippen LogP) is 14.3. The fourth-order valence-corrected chi connectivity index (χ4v) is 7.79. The van der Waals surface area contributed by atoms with Gasteiger partial charge in [-0.1, -0.05) is 126 Å². The van der Waals surface area contributed by atoms with Gasteiger partial charge in [0, 0.05) is 79.2 Å². The van der Waals surface area contributed by atoms with Crippen molar-refractivity contribution in [2.24, 2.45) is 0 Å². The Morgan fingerprint density at radius 2 is 1.31 bits per heavy atom. The summed E-state index contributed by atoms with van der Waals surface area (Å²) in [5.41, 5.74) is 4.70. The number of rotatable bonds is 7. The van der Waals surface area contributed by atoms with Crippen LogP contribution in [0.3, 0.4) is 0 Å². The minimum Gasteiger partial charge on any atom is -0.509 e. The van der Waals surface area contributed by atoms with Gasteiger partial charge in [0.2, 0.25) is 0 Å². The first-order valence-corrected chi connectivity index (χ1v) is 20.0. The van der Waals surface area contributed by atoms with Gasteiger partial charge >= 0.3 is 0 Å². The fourth-order valence-electron chi connectivity index (χ4n) is 7.79. The summed E-state index contributed by atoms with van der Waals surface area (Å²) >= 11 is 0. The number of hydrogen-bond acceptors (Lipinski definition) is 5. The SMILES string of the molecule is [2H]c1c([2H])c([2H])c(-c2cc(C(C)(C)C)cc(-c3c([2H])c([2H])c([2H])c([2H])c3[2H])c2N2[CH-]N(c3[c-]c(Oc4[c-]c5c(cc4)c4ccccc4n5-c4cc(C(C)(C)C)ccn4)ccc3)c3cnccc32)c([2H])c1[2H].[Pt]. The summed E-state index contributed by atoms with van der Waals surface area (Å²) in [5.74, 6) is 1.55. The van der Waals surface area contributed by atoms with Gasteiger partial charge in [-0.2, -0.15) is 12.1 Å². The number of para-hydroxylation sites is 1. The average Bonchev–Trinajstić information content (AvgIpc) is 3.89. The molecule has 310 valence electrons. The van der Waals surface area contributed by atoms with Crippen LogP contribution in [0, 0.1) is 18.8 Å². The van der Waals surface area contributed by atoms with E-state index in [1.165, 1.54) is 0 Å². The Labute approximate surface area is 392 Å². The molecule has 0 radical (unpaired) electrons. The molecule has 1 aliphatic heterocycles. The normalized spacial score (nSPS) is 15.0. The second kappa shape index (κ2) is 16.1. The summed E-state index contributed by atoms with van der Waals surface area (Å²) in [5, 5.41) is 2.02. The molecule has 0 atom stereocenters. The Hall–Kier alpha value is -6.49. The molecule has 3 aromatic heterocycles. The number of fused-ring (bicyclic) bond motifs is 4. The number of hydrogen-bond donors (Lipinski definition) is 0. The van der Waals surface area contributed by atoms with Crippen LogP contribution in [-0.2, 0) is 31.9 Å². The predicted molar refractivity (Wildman–Crippen MR) is 250 cm³/mol. The number of pyridine rings is 2. The molecule has 9 aromatic rings. The van der Waals surface area contributed by atoms with Crippen molar-refractivity contribution in [2.45, 2.75) is 52.4 Å². The van der Waals surface area contributed by atoms with E-state index in [9.17, 15) is 5.48 Å². The van der Waals surface area contributed by atoms with Crippen LogP contribution in [-0.4, -0.2) is 14.5 Å². The average molecular weight is 998 g/mol. The Bertz CT molecular complexity index is 3530. The molecular weight excluding hydrogens is 942 g/mol. The van der Waals surface area contributed by atoms with Crippen molar-refractivity contribution in [1.29, 1.82) is 0 Å². The molecule has 6 aromatic carbocycles. The molecular formula is C55H46N5OPt-3. The Morgan fingerprint density at radius 3 is 2.00 bits per heavy atom. The van der Waals surface area contributed by atoms with Crippen molar-refractivity contribution in [3.8, 4) is 39.6 Å². The van der Waals surface area contributed by atoms with Crippen LogP contribution in [0.15, 0.2) is 164 Å². The maximum absolute atomic E-state index is 9.21. The third kappa shape index (κ3) is 7.47. The number of benzene rings is 6. The summed E-state index contributed by atoms with van der Waals surface area (Å²) in [6.07, 6.45) is 5.06. The second-order valence-corrected chi connectivity index (χ2v) is 17.0. The van der Waals surface area contributed by atoms with E-state index < -0.39 is 65.8 Å². The molecule has 1 aliphatic rings. The number of ether oxygens (including phenoxy) is 1. The summed E-state index contributed by atoms with van der Waals surface area (Å²) in [7, 11) is 0. The quantitative estimate of drug-likeness (QED) is 0.149. The molecule has 0 saturated heterocycles. The standard InChI is InChI=1S/C55H46N5O.Pt/c1-54(2,3)39-26-29-57-52(32-39)60-48-23-14-13-22-44(48)45-25-24-43(34-50(45)60)61-42-21-15-20-41(33-42)58-36-59(49-27-28-56-35-51(49)58)53-46(37-16-9-7-10-17-37)30-40(55(4,5)6)31-47(53)38-18-11-8-12-19-38;/h7-32,35-36H,1-6H3;/q-3;/i7D,8D,9D,10D,11D,12D,16D,17D,18D,19D;. The fraction of sp³-hybridized carbons (Fsp3) is 0.145. The number of aromatic nitrogens is 3. The van der Waals surface area contributed by atoms with E-state index >= 15 is 0 Å². The molecule has 0 bridgehead atoms. The van der Waals surface area contributed by atoms with Gasteiger partial charge in [-0.25, -0.2) is 4.98 Å². The Balaban J connectivity index is 0.00000640. The molecule has 7 heteroatoms. The van der Waals surface area contributed by atoms with E-state index in [0.29, 0.717) is 34.1 Å². The molecule has 62 heavy (non-hydrogen) atoms. The van der Waals surface area contributed by atoms with Gasteiger partial charge in [0.25, 0.3) is 0 Å². The maximum atomic E-state index is 9.21. The third-order valence-corrected chi connectivity index (χ3v) is 10.9. The van der Waals surface area contributed by atoms with Crippen LogP contribution < -0.4 is 14.5 Å². The molecule has 0 N–H and O–H groups in total. The van der Waals surface area contributed by atoms with E-state index in [4.69, 9.17) is 17.9 Å². The summed E-state index contributed by atoms with van der Waals surface area (Å²) < 4.78 is 97.2. The monoisotopic (exact) mass is 997 g/mol.